The summed E-state index contributed by atoms with van der Waals surface area (Å²) in [5.74, 6) is -0.271. The van der Waals surface area contributed by atoms with Gasteiger partial charge in [0.05, 0.1) is 19.2 Å². The second-order valence-electron chi connectivity index (χ2n) is 7.54. The number of carbonyl (C=O) groups excluding carboxylic acids is 2. The maximum absolute atomic E-state index is 13.4. The van der Waals surface area contributed by atoms with Gasteiger partial charge in [-0.3, -0.25) is 14.5 Å². The van der Waals surface area contributed by atoms with Gasteiger partial charge in [-0.1, -0.05) is 30.3 Å². The van der Waals surface area contributed by atoms with Gasteiger partial charge in [-0.25, -0.2) is 4.39 Å². The molecule has 3 aromatic carbocycles. The van der Waals surface area contributed by atoms with E-state index in [1.54, 1.807) is 60.5 Å². The van der Waals surface area contributed by atoms with Crippen molar-refractivity contribution in [2.24, 2.45) is 0 Å². The van der Waals surface area contributed by atoms with Crippen LogP contribution in [0.2, 0.25) is 0 Å². The zero-order valence-corrected chi connectivity index (χ0v) is 18.7. The second-order valence-corrected chi connectivity index (χ2v) is 7.91. The fraction of sp³-hybridized carbons (Fsp3) is 0.160. The number of amides is 2. The van der Waals surface area contributed by atoms with Gasteiger partial charge in [0.25, 0.3) is 5.91 Å². The Balaban J connectivity index is 1.57. The van der Waals surface area contributed by atoms with Crippen LogP contribution in [0.1, 0.15) is 12.0 Å². The summed E-state index contributed by atoms with van der Waals surface area (Å²) in [6.07, 6.45) is -0.0878. The zero-order chi connectivity index (χ0) is 23.4. The van der Waals surface area contributed by atoms with E-state index in [2.05, 4.69) is 5.32 Å². The third-order valence-corrected chi connectivity index (χ3v) is 5.77. The largest absolute Gasteiger partial charge is 0.497 e. The van der Waals surface area contributed by atoms with E-state index in [-0.39, 0.29) is 30.6 Å². The number of nitrogens with zero attached hydrogens (tertiary/aromatic N) is 2. The number of anilines is 2. The Morgan fingerprint density at radius 3 is 2.33 bits per heavy atom. The zero-order valence-electron chi connectivity index (χ0n) is 17.9. The number of nitrogens with one attached hydrogen (secondary N) is 1. The molecule has 1 aliphatic rings. The molecule has 0 aromatic heterocycles. The fourth-order valence-corrected chi connectivity index (χ4v) is 4.06. The Hall–Kier alpha value is -3.78. The highest BCUT2D eigenvalue weighted by Crippen LogP contribution is 2.29. The Morgan fingerprint density at radius 1 is 1.03 bits per heavy atom. The van der Waals surface area contributed by atoms with E-state index in [4.69, 9.17) is 17.0 Å². The fourth-order valence-electron chi connectivity index (χ4n) is 3.68. The lowest BCUT2D eigenvalue weighted by Crippen LogP contribution is -2.37. The molecule has 33 heavy (non-hydrogen) atoms. The molecule has 1 aliphatic heterocycles. The first-order valence-corrected chi connectivity index (χ1v) is 10.7. The molecule has 6 nitrogen and oxygen atoms in total. The lowest BCUT2D eigenvalue weighted by molar-refractivity contribution is -0.124. The summed E-state index contributed by atoms with van der Waals surface area (Å²) in [5, 5.41) is 3.12. The van der Waals surface area contributed by atoms with Crippen LogP contribution in [0.4, 0.5) is 15.8 Å². The summed E-state index contributed by atoms with van der Waals surface area (Å²) >= 11 is 5.64. The number of benzene rings is 3. The number of thiocarbonyl (C=S) groups is 1. The van der Waals surface area contributed by atoms with E-state index in [0.717, 1.165) is 5.56 Å². The van der Waals surface area contributed by atoms with Gasteiger partial charge in [0.15, 0.2) is 5.11 Å². The molecule has 1 atom stereocenters. The van der Waals surface area contributed by atoms with Crippen molar-refractivity contribution in [3.05, 3.63) is 90.2 Å². The van der Waals surface area contributed by atoms with Gasteiger partial charge in [0, 0.05) is 12.2 Å². The smallest absolute Gasteiger partial charge is 0.256 e. The highest BCUT2D eigenvalue weighted by molar-refractivity contribution is 7.80. The first kappa shape index (κ1) is 22.4. The van der Waals surface area contributed by atoms with Gasteiger partial charge >= 0.3 is 0 Å². The van der Waals surface area contributed by atoms with E-state index >= 15 is 0 Å². The van der Waals surface area contributed by atoms with Crippen molar-refractivity contribution in [1.29, 1.82) is 0 Å². The molecule has 1 heterocycles. The Labute approximate surface area is 196 Å². The Bertz CT molecular complexity index is 1150. The highest BCUT2D eigenvalue weighted by Gasteiger charge is 2.44. The molecule has 0 saturated carbocycles. The van der Waals surface area contributed by atoms with Crippen LogP contribution in [0.5, 0.6) is 5.75 Å². The summed E-state index contributed by atoms with van der Waals surface area (Å²) in [6, 6.07) is 21.2. The molecule has 4 rings (SSSR count). The maximum Gasteiger partial charge on any atom is 0.256 e. The van der Waals surface area contributed by atoms with Gasteiger partial charge in [0.1, 0.15) is 17.6 Å². The van der Waals surface area contributed by atoms with Crippen molar-refractivity contribution in [1.82, 2.24) is 4.90 Å². The van der Waals surface area contributed by atoms with E-state index in [0.29, 0.717) is 22.2 Å². The topological polar surface area (TPSA) is 61.9 Å². The van der Waals surface area contributed by atoms with Crippen molar-refractivity contribution >= 4 is 40.5 Å². The minimum atomic E-state index is -0.791. The molecule has 1 saturated heterocycles. The van der Waals surface area contributed by atoms with Gasteiger partial charge in [-0.05, 0) is 66.3 Å². The number of hydrogen-bond acceptors (Lipinski definition) is 4. The molecule has 0 aliphatic carbocycles. The first-order chi connectivity index (χ1) is 16.0. The third-order valence-electron chi connectivity index (χ3n) is 5.35. The monoisotopic (exact) mass is 463 g/mol. The van der Waals surface area contributed by atoms with Gasteiger partial charge in [-0.15, -0.1) is 0 Å². The average molecular weight is 464 g/mol. The molecule has 0 unspecified atom stereocenters. The quantitative estimate of drug-likeness (QED) is 0.528. The van der Waals surface area contributed by atoms with E-state index in [1.165, 1.54) is 17.0 Å². The highest BCUT2D eigenvalue weighted by atomic mass is 32.1. The minimum Gasteiger partial charge on any atom is -0.497 e. The van der Waals surface area contributed by atoms with E-state index < -0.39 is 6.04 Å². The molecular formula is C25H22FN3O3S. The first-order valence-electron chi connectivity index (χ1n) is 10.3. The van der Waals surface area contributed by atoms with Gasteiger partial charge in [-0.2, -0.15) is 0 Å². The number of ether oxygens (including phenoxy) is 1. The summed E-state index contributed by atoms with van der Waals surface area (Å²) in [7, 11) is 1.57. The molecular weight excluding hydrogens is 441 g/mol. The normalized spacial score (nSPS) is 15.6. The summed E-state index contributed by atoms with van der Waals surface area (Å²) < 4.78 is 18.5. The summed E-state index contributed by atoms with van der Waals surface area (Å²) in [5.41, 5.74) is 2.01. The van der Waals surface area contributed by atoms with Crippen LogP contribution in [-0.2, 0) is 16.1 Å². The molecule has 2 amide bonds. The Morgan fingerprint density at radius 2 is 1.70 bits per heavy atom. The maximum atomic E-state index is 13.4. The molecule has 0 bridgehead atoms. The molecule has 8 heteroatoms. The van der Waals surface area contributed by atoms with Crippen molar-refractivity contribution in [2.75, 3.05) is 17.3 Å². The van der Waals surface area contributed by atoms with Crippen molar-refractivity contribution in [3.8, 4) is 5.75 Å². The van der Waals surface area contributed by atoms with Crippen molar-refractivity contribution in [2.45, 2.75) is 19.0 Å². The Kier molecular flexibility index (Phi) is 6.65. The van der Waals surface area contributed by atoms with Crippen LogP contribution in [-0.4, -0.2) is 35.0 Å². The van der Waals surface area contributed by atoms with Crippen LogP contribution >= 0.6 is 12.2 Å². The molecule has 3 aromatic rings. The molecule has 0 spiro atoms. The van der Waals surface area contributed by atoms with Crippen LogP contribution in [0.15, 0.2) is 78.9 Å². The van der Waals surface area contributed by atoms with E-state index in [9.17, 15) is 14.0 Å². The second kappa shape index (κ2) is 9.79. The number of rotatable bonds is 7. The average Bonchev–Trinajstić information content (AvgIpc) is 3.05. The van der Waals surface area contributed by atoms with Gasteiger partial charge in [0.2, 0.25) is 5.91 Å². The van der Waals surface area contributed by atoms with Crippen LogP contribution in [0.3, 0.4) is 0 Å². The third kappa shape index (κ3) is 5.01. The van der Waals surface area contributed by atoms with Crippen LogP contribution in [0, 0.1) is 5.82 Å². The van der Waals surface area contributed by atoms with Crippen molar-refractivity contribution in [3.63, 3.8) is 0 Å². The van der Waals surface area contributed by atoms with Crippen LogP contribution in [0.25, 0.3) is 0 Å². The molecule has 168 valence electrons. The predicted molar refractivity (Wildman–Crippen MR) is 128 cm³/mol. The summed E-state index contributed by atoms with van der Waals surface area (Å²) in [4.78, 5) is 29.4. The lowest BCUT2D eigenvalue weighted by atomic mass is 10.1. The van der Waals surface area contributed by atoms with Gasteiger partial charge < -0.3 is 15.0 Å². The number of halogens is 1. The summed E-state index contributed by atoms with van der Waals surface area (Å²) in [6.45, 7) is 0.272. The lowest BCUT2D eigenvalue weighted by Gasteiger charge is -2.24. The van der Waals surface area contributed by atoms with E-state index in [1.807, 2.05) is 18.2 Å². The molecule has 1 fully saturated rings. The standard InChI is InChI=1S/C25H22FN3O3S/c1-32-21-13-11-19(12-14-21)27-23(30)15-22-24(31)29(20-5-3-2-4-6-20)25(33)28(22)16-17-7-9-18(26)10-8-17/h2-14,22H,15-16H2,1H3,(H,27,30)/t22-/m0/s1. The molecule has 0 radical (unpaired) electrons. The minimum absolute atomic E-state index is 0.0878. The van der Waals surface area contributed by atoms with Crippen LogP contribution < -0.4 is 15.0 Å². The number of hydrogen-bond donors (Lipinski definition) is 1. The number of para-hydroxylation sites is 1. The molecule has 1 N–H and O–H groups in total. The number of methoxy groups -OCH3 is 1. The predicted octanol–water partition coefficient (Wildman–Crippen LogP) is 4.37. The van der Waals surface area contributed by atoms with Crippen molar-refractivity contribution < 1.29 is 18.7 Å². The number of carbonyl (C=O) groups is 2. The SMILES string of the molecule is COc1ccc(NC(=O)C[C@H]2C(=O)N(c3ccccc3)C(=S)N2Cc2ccc(F)cc2)cc1.